The summed E-state index contributed by atoms with van der Waals surface area (Å²) in [5.41, 5.74) is 0.671. The molecule has 4 nitrogen and oxygen atoms in total. The van der Waals surface area contributed by atoms with E-state index in [0.29, 0.717) is 6.42 Å². The average molecular weight is 265 g/mol. The van der Waals surface area contributed by atoms with E-state index in [2.05, 4.69) is 5.32 Å². The second kappa shape index (κ2) is 6.57. The van der Waals surface area contributed by atoms with Crippen LogP contribution in [0.15, 0.2) is 30.3 Å². The van der Waals surface area contributed by atoms with E-state index in [4.69, 9.17) is 4.74 Å². The van der Waals surface area contributed by atoms with Crippen LogP contribution in [0.3, 0.4) is 0 Å². The van der Waals surface area contributed by atoms with Crippen LogP contribution in [0, 0.1) is 0 Å². The first-order valence-corrected chi connectivity index (χ1v) is 6.49. The minimum Gasteiger partial charge on any atom is -0.443 e. The fourth-order valence-corrected chi connectivity index (χ4v) is 1.63. The molecule has 4 heteroatoms. The number of carbonyl (C=O) groups is 1. The van der Waals surface area contributed by atoms with Crippen molar-refractivity contribution in [1.82, 2.24) is 5.32 Å². The number of hydrogen-bond donors (Lipinski definition) is 2. The predicted octanol–water partition coefficient (Wildman–Crippen LogP) is 2.50. The van der Waals surface area contributed by atoms with Gasteiger partial charge in [0, 0.05) is 12.0 Å². The molecular formula is C15H23NO3. The molecule has 0 aliphatic heterocycles. The zero-order valence-corrected chi connectivity index (χ0v) is 12.0. The number of hydrogen-bond acceptors (Lipinski definition) is 3. The van der Waals surface area contributed by atoms with Crippen molar-refractivity contribution >= 4 is 6.09 Å². The SMILES string of the molecule is CC(O)C(Cc1ccccc1)OC(=O)NC(C)(C)C. The van der Waals surface area contributed by atoms with Gasteiger partial charge in [0.25, 0.3) is 0 Å². The van der Waals surface area contributed by atoms with E-state index < -0.39 is 18.3 Å². The highest BCUT2D eigenvalue weighted by atomic mass is 16.6. The second-order valence-corrected chi connectivity index (χ2v) is 5.75. The molecular weight excluding hydrogens is 242 g/mol. The molecule has 19 heavy (non-hydrogen) atoms. The van der Waals surface area contributed by atoms with Crippen LogP contribution in [0.1, 0.15) is 33.3 Å². The standard InChI is InChI=1S/C15H23NO3/c1-11(17)13(10-12-8-6-5-7-9-12)19-14(18)16-15(2,3)4/h5-9,11,13,17H,10H2,1-4H3,(H,16,18). The third-order valence-corrected chi connectivity index (χ3v) is 2.55. The Bertz CT molecular complexity index is 396. The van der Waals surface area contributed by atoms with Gasteiger partial charge in [-0.3, -0.25) is 0 Å². The van der Waals surface area contributed by atoms with E-state index in [1.165, 1.54) is 0 Å². The molecule has 1 aromatic carbocycles. The highest BCUT2D eigenvalue weighted by Gasteiger charge is 2.22. The Kier molecular flexibility index (Phi) is 5.36. The summed E-state index contributed by atoms with van der Waals surface area (Å²) in [5.74, 6) is 0. The molecule has 1 rings (SSSR count). The Hall–Kier alpha value is -1.55. The lowest BCUT2D eigenvalue weighted by Gasteiger charge is -2.25. The van der Waals surface area contributed by atoms with Gasteiger partial charge in [-0.15, -0.1) is 0 Å². The molecule has 1 aromatic rings. The number of carbonyl (C=O) groups excluding carboxylic acids is 1. The normalized spacial score (nSPS) is 14.6. The van der Waals surface area contributed by atoms with Crippen LogP contribution < -0.4 is 5.32 Å². The van der Waals surface area contributed by atoms with Crippen LogP contribution in [-0.2, 0) is 11.2 Å². The second-order valence-electron chi connectivity index (χ2n) is 5.75. The van der Waals surface area contributed by atoms with Gasteiger partial charge in [0.15, 0.2) is 0 Å². The number of amides is 1. The van der Waals surface area contributed by atoms with Gasteiger partial charge in [-0.05, 0) is 33.3 Å². The number of ether oxygens (including phenoxy) is 1. The molecule has 0 fully saturated rings. The highest BCUT2D eigenvalue weighted by molar-refractivity contribution is 5.68. The summed E-state index contributed by atoms with van der Waals surface area (Å²) in [5, 5.41) is 12.4. The maximum Gasteiger partial charge on any atom is 0.407 e. The molecule has 0 aromatic heterocycles. The van der Waals surface area contributed by atoms with Gasteiger partial charge in [-0.1, -0.05) is 30.3 Å². The molecule has 0 saturated carbocycles. The van der Waals surface area contributed by atoms with E-state index in [-0.39, 0.29) is 5.54 Å². The van der Waals surface area contributed by atoms with Gasteiger partial charge in [0.05, 0.1) is 6.10 Å². The summed E-state index contributed by atoms with van der Waals surface area (Å²) in [6, 6.07) is 9.65. The Morgan fingerprint density at radius 2 is 1.89 bits per heavy atom. The quantitative estimate of drug-likeness (QED) is 0.879. The van der Waals surface area contributed by atoms with Crippen LogP contribution >= 0.6 is 0 Å². The monoisotopic (exact) mass is 265 g/mol. The molecule has 0 radical (unpaired) electrons. The fourth-order valence-electron chi connectivity index (χ4n) is 1.63. The molecule has 1 amide bonds. The molecule has 0 aliphatic carbocycles. The van der Waals surface area contributed by atoms with Crippen LogP contribution in [-0.4, -0.2) is 28.9 Å². The Morgan fingerprint density at radius 3 is 2.37 bits per heavy atom. The Labute approximate surface area is 114 Å². The number of benzene rings is 1. The van der Waals surface area contributed by atoms with Crippen molar-refractivity contribution in [3.8, 4) is 0 Å². The van der Waals surface area contributed by atoms with E-state index >= 15 is 0 Å². The highest BCUT2D eigenvalue weighted by Crippen LogP contribution is 2.10. The van der Waals surface area contributed by atoms with Crippen molar-refractivity contribution in [1.29, 1.82) is 0 Å². The molecule has 0 saturated heterocycles. The zero-order chi connectivity index (χ0) is 14.5. The summed E-state index contributed by atoms with van der Waals surface area (Å²) in [6.45, 7) is 7.26. The number of alkyl carbamates (subject to hydrolysis) is 1. The van der Waals surface area contributed by atoms with Crippen LogP contribution in [0.4, 0.5) is 4.79 Å². The smallest absolute Gasteiger partial charge is 0.407 e. The lowest BCUT2D eigenvalue weighted by molar-refractivity contribution is 0.00989. The summed E-state index contributed by atoms with van der Waals surface area (Å²) < 4.78 is 5.29. The first-order valence-electron chi connectivity index (χ1n) is 6.49. The minimum atomic E-state index is -0.717. The summed E-state index contributed by atoms with van der Waals surface area (Å²) in [7, 11) is 0. The summed E-state index contributed by atoms with van der Waals surface area (Å²) in [4.78, 5) is 11.7. The first-order chi connectivity index (χ1) is 8.78. The van der Waals surface area contributed by atoms with Gasteiger partial charge >= 0.3 is 6.09 Å². The fraction of sp³-hybridized carbons (Fsp3) is 0.533. The lowest BCUT2D eigenvalue weighted by atomic mass is 10.0. The van der Waals surface area contributed by atoms with Gasteiger partial charge < -0.3 is 15.2 Å². The third kappa shape index (κ3) is 6.25. The Morgan fingerprint density at radius 1 is 1.32 bits per heavy atom. The molecule has 106 valence electrons. The van der Waals surface area contributed by atoms with Crippen molar-refractivity contribution in [3.63, 3.8) is 0 Å². The molecule has 0 heterocycles. The van der Waals surface area contributed by atoms with Crippen molar-refractivity contribution in [2.45, 2.75) is 51.9 Å². The van der Waals surface area contributed by atoms with Crippen molar-refractivity contribution in [2.75, 3.05) is 0 Å². The number of nitrogens with one attached hydrogen (secondary N) is 1. The van der Waals surface area contributed by atoms with Crippen molar-refractivity contribution in [3.05, 3.63) is 35.9 Å². The van der Waals surface area contributed by atoms with E-state index in [0.717, 1.165) is 5.56 Å². The minimum absolute atomic E-state index is 0.354. The largest absolute Gasteiger partial charge is 0.443 e. The van der Waals surface area contributed by atoms with Gasteiger partial charge in [0.2, 0.25) is 0 Å². The predicted molar refractivity (Wildman–Crippen MR) is 75.0 cm³/mol. The number of aliphatic hydroxyl groups is 1. The topological polar surface area (TPSA) is 58.6 Å². The summed E-state index contributed by atoms with van der Waals surface area (Å²) >= 11 is 0. The average Bonchev–Trinajstić information content (AvgIpc) is 2.26. The first kappa shape index (κ1) is 15.5. The molecule has 0 bridgehead atoms. The lowest BCUT2D eigenvalue weighted by Crippen LogP contribution is -2.44. The molecule has 0 aliphatic rings. The van der Waals surface area contributed by atoms with Gasteiger partial charge in [-0.25, -0.2) is 4.79 Å². The Balaban J connectivity index is 2.61. The van der Waals surface area contributed by atoms with E-state index in [1.54, 1.807) is 6.92 Å². The van der Waals surface area contributed by atoms with Crippen LogP contribution in [0.5, 0.6) is 0 Å². The van der Waals surface area contributed by atoms with Crippen molar-refractivity contribution in [2.24, 2.45) is 0 Å². The van der Waals surface area contributed by atoms with Gasteiger partial charge in [0.1, 0.15) is 6.10 Å². The van der Waals surface area contributed by atoms with E-state index in [1.807, 2.05) is 51.1 Å². The molecule has 2 atom stereocenters. The third-order valence-electron chi connectivity index (χ3n) is 2.55. The van der Waals surface area contributed by atoms with Crippen LogP contribution in [0.2, 0.25) is 0 Å². The number of rotatable bonds is 4. The summed E-state index contributed by atoms with van der Waals surface area (Å²) in [6.07, 6.45) is -1.28. The maximum absolute atomic E-state index is 11.7. The van der Waals surface area contributed by atoms with Crippen LogP contribution in [0.25, 0.3) is 0 Å². The molecule has 2 unspecified atom stereocenters. The zero-order valence-electron chi connectivity index (χ0n) is 12.0. The maximum atomic E-state index is 11.7. The van der Waals surface area contributed by atoms with Gasteiger partial charge in [-0.2, -0.15) is 0 Å². The molecule has 0 spiro atoms. The van der Waals surface area contributed by atoms with E-state index in [9.17, 15) is 9.90 Å². The van der Waals surface area contributed by atoms with Crippen molar-refractivity contribution < 1.29 is 14.6 Å². The number of aliphatic hydroxyl groups excluding tert-OH is 1. The molecule has 2 N–H and O–H groups in total.